The van der Waals surface area contributed by atoms with Gasteiger partial charge in [-0.25, -0.2) is 4.99 Å². The molecule has 2 saturated heterocycles. The quantitative estimate of drug-likeness (QED) is 0.303. The highest BCUT2D eigenvalue weighted by Gasteiger charge is 2.37. The minimum absolute atomic E-state index is 0.00891. The van der Waals surface area contributed by atoms with Gasteiger partial charge in [-0.1, -0.05) is 49.4 Å². The molecule has 1 atom stereocenters. The van der Waals surface area contributed by atoms with Crippen molar-refractivity contribution < 1.29 is 14.3 Å². The average Bonchev–Trinajstić information content (AvgIpc) is 3.53. The van der Waals surface area contributed by atoms with E-state index in [1.54, 1.807) is 7.11 Å². The summed E-state index contributed by atoms with van der Waals surface area (Å²) in [4.78, 5) is 23.5. The molecule has 7 heteroatoms. The number of aliphatic imine (C=N–C) groups is 1. The lowest BCUT2D eigenvalue weighted by atomic mass is 10.2. The van der Waals surface area contributed by atoms with Crippen LogP contribution in [0, 0.1) is 0 Å². The monoisotopic (exact) mass is 527 g/mol. The number of amides is 1. The van der Waals surface area contributed by atoms with Gasteiger partial charge in [0, 0.05) is 12.6 Å². The standard InChI is InChI=1S/C31H33N3O3S/c1-3-33-19-7-10-26(33)21-34-30(35)29(38-31(34)32-25-13-17-27(36-2)18-14-25)20-23-11-15-28(16-12-23)37-22-24-8-5-4-6-9-24/h4-6,8-9,11-18,20,26H,3,7,10,19,21-22H2,1-2H3/b29-20-,32-31?/t26-/m0/s1. The van der Waals surface area contributed by atoms with E-state index in [0.717, 1.165) is 53.0 Å². The molecule has 2 aliphatic rings. The molecule has 0 radical (unpaired) electrons. The molecular weight excluding hydrogens is 494 g/mol. The molecule has 0 aliphatic carbocycles. The molecule has 2 fully saturated rings. The van der Waals surface area contributed by atoms with Gasteiger partial charge in [0.25, 0.3) is 5.91 Å². The zero-order valence-electron chi connectivity index (χ0n) is 21.9. The largest absolute Gasteiger partial charge is 0.497 e. The molecular formula is C31H33N3O3S. The number of hydrogen-bond donors (Lipinski definition) is 0. The van der Waals surface area contributed by atoms with E-state index in [0.29, 0.717) is 24.1 Å². The van der Waals surface area contributed by atoms with Gasteiger partial charge in [0.15, 0.2) is 5.17 Å². The van der Waals surface area contributed by atoms with Crippen molar-refractivity contribution in [1.29, 1.82) is 0 Å². The Labute approximate surface area is 229 Å². The minimum atomic E-state index is 0.00891. The fraction of sp³-hybridized carbons (Fsp3) is 0.290. The lowest BCUT2D eigenvalue weighted by Gasteiger charge is -2.27. The van der Waals surface area contributed by atoms with Crippen LogP contribution in [-0.4, -0.2) is 53.7 Å². The first-order valence-electron chi connectivity index (χ1n) is 13.1. The van der Waals surface area contributed by atoms with Crippen molar-refractivity contribution in [3.05, 3.63) is 94.9 Å². The van der Waals surface area contributed by atoms with Gasteiger partial charge in [0.2, 0.25) is 0 Å². The molecule has 3 aromatic rings. The summed E-state index contributed by atoms with van der Waals surface area (Å²) in [6.45, 7) is 5.43. The average molecular weight is 528 g/mol. The number of thioether (sulfide) groups is 1. The Morgan fingerprint density at radius 3 is 2.45 bits per heavy atom. The summed E-state index contributed by atoms with van der Waals surface area (Å²) in [6, 6.07) is 25.9. The summed E-state index contributed by atoms with van der Waals surface area (Å²) in [5, 5.41) is 0.720. The van der Waals surface area contributed by atoms with Crippen molar-refractivity contribution in [3.8, 4) is 11.5 Å². The molecule has 3 aromatic carbocycles. The SMILES string of the molecule is CCN1CCC[C@H]1CN1C(=O)/C(=C/c2ccc(OCc3ccccc3)cc2)SC1=Nc1ccc(OC)cc1. The topological polar surface area (TPSA) is 54.4 Å². The van der Waals surface area contributed by atoms with Gasteiger partial charge in [-0.15, -0.1) is 0 Å². The van der Waals surface area contributed by atoms with Crippen LogP contribution in [0.15, 0.2) is 88.8 Å². The third-order valence-electron chi connectivity index (χ3n) is 6.91. The zero-order chi connectivity index (χ0) is 26.3. The molecule has 38 heavy (non-hydrogen) atoms. The van der Waals surface area contributed by atoms with Crippen LogP contribution < -0.4 is 9.47 Å². The van der Waals surface area contributed by atoms with Crippen LogP contribution in [0.25, 0.3) is 6.08 Å². The van der Waals surface area contributed by atoms with Crippen molar-refractivity contribution in [3.63, 3.8) is 0 Å². The number of benzene rings is 3. The van der Waals surface area contributed by atoms with E-state index in [1.807, 2.05) is 89.8 Å². The number of amidine groups is 1. The van der Waals surface area contributed by atoms with Crippen molar-refractivity contribution in [2.45, 2.75) is 32.4 Å². The molecule has 196 valence electrons. The summed E-state index contributed by atoms with van der Waals surface area (Å²) in [6.07, 6.45) is 4.21. The number of ether oxygens (including phenoxy) is 2. The molecule has 0 bridgehead atoms. The van der Waals surface area contributed by atoms with Crippen LogP contribution in [0.4, 0.5) is 5.69 Å². The van der Waals surface area contributed by atoms with Crippen molar-refractivity contribution >= 4 is 34.6 Å². The molecule has 2 aliphatic heterocycles. The third kappa shape index (κ3) is 6.29. The fourth-order valence-electron chi connectivity index (χ4n) is 4.80. The van der Waals surface area contributed by atoms with E-state index in [9.17, 15) is 4.79 Å². The Hall–Kier alpha value is -3.55. The predicted octanol–water partition coefficient (Wildman–Crippen LogP) is 6.36. The van der Waals surface area contributed by atoms with Gasteiger partial charge in [-0.2, -0.15) is 0 Å². The summed E-state index contributed by atoms with van der Waals surface area (Å²) in [7, 11) is 1.65. The van der Waals surface area contributed by atoms with Crippen LogP contribution >= 0.6 is 11.8 Å². The molecule has 2 heterocycles. The Kier molecular flexibility index (Phi) is 8.46. The maximum atomic E-state index is 13.6. The number of carbonyl (C=O) groups is 1. The van der Waals surface area contributed by atoms with Crippen molar-refractivity contribution in [2.75, 3.05) is 26.7 Å². The second-order valence-corrected chi connectivity index (χ2v) is 10.4. The highest BCUT2D eigenvalue weighted by molar-refractivity contribution is 8.18. The number of likely N-dealkylation sites (N-methyl/N-ethyl adjacent to an activating group) is 1. The molecule has 0 N–H and O–H groups in total. The smallest absolute Gasteiger partial charge is 0.266 e. The van der Waals surface area contributed by atoms with E-state index >= 15 is 0 Å². The molecule has 0 spiro atoms. The minimum Gasteiger partial charge on any atom is -0.497 e. The maximum absolute atomic E-state index is 13.6. The van der Waals surface area contributed by atoms with E-state index in [-0.39, 0.29) is 5.91 Å². The molecule has 1 amide bonds. The van der Waals surface area contributed by atoms with Gasteiger partial charge in [0.05, 0.1) is 17.7 Å². The maximum Gasteiger partial charge on any atom is 0.266 e. The molecule has 0 saturated carbocycles. The fourth-order valence-corrected chi connectivity index (χ4v) is 5.81. The second kappa shape index (κ2) is 12.3. The summed E-state index contributed by atoms with van der Waals surface area (Å²) >= 11 is 1.44. The normalized spacial score (nSPS) is 20.0. The number of nitrogens with zero attached hydrogens (tertiary/aromatic N) is 3. The van der Waals surface area contributed by atoms with E-state index < -0.39 is 0 Å². The van der Waals surface area contributed by atoms with E-state index in [2.05, 4.69) is 11.8 Å². The van der Waals surface area contributed by atoms with Crippen molar-refractivity contribution in [2.24, 2.45) is 4.99 Å². The highest BCUT2D eigenvalue weighted by atomic mass is 32.2. The van der Waals surface area contributed by atoms with Crippen LogP contribution in [0.3, 0.4) is 0 Å². The first kappa shape index (κ1) is 26.1. The summed E-state index contributed by atoms with van der Waals surface area (Å²) < 4.78 is 11.2. The van der Waals surface area contributed by atoms with Gasteiger partial charge in [-0.05, 0) is 91.3 Å². The first-order valence-corrected chi connectivity index (χ1v) is 13.9. The van der Waals surface area contributed by atoms with Gasteiger partial charge in [-0.3, -0.25) is 14.6 Å². The van der Waals surface area contributed by atoms with Crippen LogP contribution in [-0.2, 0) is 11.4 Å². The lowest BCUT2D eigenvalue weighted by molar-refractivity contribution is -0.122. The second-order valence-electron chi connectivity index (χ2n) is 9.39. The molecule has 6 nitrogen and oxygen atoms in total. The molecule has 0 aromatic heterocycles. The predicted molar refractivity (Wildman–Crippen MR) is 155 cm³/mol. The van der Waals surface area contributed by atoms with E-state index in [4.69, 9.17) is 14.5 Å². The summed E-state index contributed by atoms with van der Waals surface area (Å²) in [5.74, 6) is 1.59. The Balaban J connectivity index is 1.34. The summed E-state index contributed by atoms with van der Waals surface area (Å²) in [5.41, 5.74) is 2.87. The highest BCUT2D eigenvalue weighted by Crippen LogP contribution is 2.36. The van der Waals surface area contributed by atoms with Crippen LogP contribution in [0.2, 0.25) is 0 Å². The number of likely N-dealkylation sites (tertiary alicyclic amines) is 1. The number of rotatable bonds is 9. The van der Waals surface area contributed by atoms with Crippen molar-refractivity contribution in [1.82, 2.24) is 9.80 Å². The lowest BCUT2D eigenvalue weighted by Crippen LogP contribution is -2.42. The number of hydrogen-bond acceptors (Lipinski definition) is 6. The Bertz CT molecular complexity index is 1290. The van der Waals surface area contributed by atoms with Gasteiger partial charge >= 0.3 is 0 Å². The van der Waals surface area contributed by atoms with Gasteiger partial charge in [0.1, 0.15) is 18.1 Å². The van der Waals surface area contributed by atoms with E-state index in [1.165, 1.54) is 18.2 Å². The Morgan fingerprint density at radius 2 is 1.74 bits per heavy atom. The van der Waals surface area contributed by atoms with Gasteiger partial charge < -0.3 is 9.47 Å². The third-order valence-corrected chi connectivity index (χ3v) is 7.92. The zero-order valence-corrected chi connectivity index (χ0v) is 22.7. The van der Waals surface area contributed by atoms with Crippen LogP contribution in [0.1, 0.15) is 30.9 Å². The number of carbonyl (C=O) groups excluding carboxylic acids is 1. The number of methoxy groups -OCH3 is 1. The molecule has 0 unspecified atom stereocenters. The van der Waals surface area contributed by atoms with Crippen LogP contribution in [0.5, 0.6) is 11.5 Å². The molecule has 5 rings (SSSR count). The Morgan fingerprint density at radius 1 is 1.00 bits per heavy atom. The first-order chi connectivity index (χ1) is 18.6.